The molecule has 2 rings (SSSR count). The summed E-state index contributed by atoms with van der Waals surface area (Å²) < 4.78 is 10.6. The number of carbonyl (C=O) groups excluding carboxylic acids is 1. The Labute approximate surface area is 88.3 Å². The molecular formula is C12H12O3. The fraction of sp³-hybridized carbons (Fsp3) is 0.250. The van der Waals surface area contributed by atoms with E-state index in [1.807, 2.05) is 30.3 Å². The van der Waals surface area contributed by atoms with Gasteiger partial charge in [-0.05, 0) is 17.7 Å². The normalized spacial score (nSPS) is 20.5. The molecule has 0 radical (unpaired) electrons. The van der Waals surface area contributed by atoms with Gasteiger partial charge in [-0.25, -0.2) is 0 Å². The van der Waals surface area contributed by atoms with Crippen LogP contribution in [0.2, 0.25) is 0 Å². The fourth-order valence-corrected chi connectivity index (χ4v) is 1.31. The maximum atomic E-state index is 10.8. The second kappa shape index (κ2) is 4.87. The van der Waals surface area contributed by atoms with Gasteiger partial charge in [0.1, 0.15) is 6.61 Å². The van der Waals surface area contributed by atoms with E-state index in [0.29, 0.717) is 6.61 Å². The van der Waals surface area contributed by atoms with Gasteiger partial charge in [0.05, 0.1) is 6.61 Å². The second-order valence-electron chi connectivity index (χ2n) is 3.30. The first kappa shape index (κ1) is 10.1. The zero-order valence-electron chi connectivity index (χ0n) is 8.26. The van der Waals surface area contributed by atoms with Crippen LogP contribution in [-0.2, 0) is 20.9 Å². The Morgan fingerprint density at radius 2 is 2.13 bits per heavy atom. The Morgan fingerprint density at radius 1 is 1.33 bits per heavy atom. The molecule has 1 aromatic rings. The fourth-order valence-electron chi connectivity index (χ4n) is 1.31. The lowest BCUT2D eigenvalue weighted by Gasteiger charge is -2.17. The molecule has 78 valence electrons. The van der Waals surface area contributed by atoms with Gasteiger partial charge in [0, 0.05) is 0 Å². The first-order chi connectivity index (χ1) is 7.34. The van der Waals surface area contributed by atoms with Crippen LogP contribution in [0.3, 0.4) is 0 Å². The third-order valence-corrected chi connectivity index (χ3v) is 2.09. The number of ketones is 1. The summed E-state index contributed by atoms with van der Waals surface area (Å²) in [5.41, 5.74) is 1.09. The Hall–Kier alpha value is -1.45. The minimum absolute atomic E-state index is 0.0189. The number of ether oxygens (including phenoxy) is 2. The van der Waals surface area contributed by atoms with Gasteiger partial charge in [-0.1, -0.05) is 30.3 Å². The summed E-state index contributed by atoms with van der Waals surface area (Å²) in [4.78, 5) is 10.8. The van der Waals surface area contributed by atoms with Crippen molar-refractivity contribution in [3.8, 4) is 0 Å². The van der Waals surface area contributed by atoms with Crippen molar-refractivity contribution in [2.75, 3.05) is 6.61 Å². The molecule has 0 N–H and O–H groups in total. The SMILES string of the molecule is O=C1C=CC(OCc2ccccc2)OC1. The quantitative estimate of drug-likeness (QED) is 0.751. The van der Waals surface area contributed by atoms with Crippen molar-refractivity contribution in [3.05, 3.63) is 48.0 Å². The van der Waals surface area contributed by atoms with Crippen LogP contribution in [-0.4, -0.2) is 18.7 Å². The summed E-state index contributed by atoms with van der Waals surface area (Å²) in [5, 5.41) is 0. The lowest BCUT2D eigenvalue weighted by atomic mass is 10.2. The largest absolute Gasteiger partial charge is 0.344 e. The molecule has 3 heteroatoms. The van der Waals surface area contributed by atoms with Crippen molar-refractivity contribution in [1.82, 2.24) is 0 Å². The molecule has 0 bridgehead atoms. The van der Waals surface area contributed by atoms with Gasteiger partial charge < -0.3 is 9.47 Å². The highest BCUT2D eigenvalue weighted by molar-refractivity contribution is 5.91. The van der Waals surface area contributed by atoms with Crippen LogP contribution in [0.1, 0.15) is 5.56 Å². The molecule has 0 spiro atoms. The summed E-state index contributed by atoms with van der Waals surface area (Å²) in [6.45, 7) is 0.597. The van der Waals surface area contributed by atoms with E-state index in [0.717, 1.165) is 5.56 Å². The van der Waals surface area contributed by atoms with Crippen molar-refractivity contribution in [2.45, 2.75) is 12.9 Å². The molecule has 0 saturated carbocycles. The summed E-state index contributed by atoms with van der Waals surface area (Å²) in [6.07, 6.45) is 2.73. The number of hydrogen-bond donors (Lipinski definition) is 0. The van der Waals surface area contributed by atoms with Crippen molar-refractivity contribution >= 4 is 5.78 Å². The minimum Gasteiger partial charge on any atom is -0.344 e. The maximum Gasteiger partial charge on any atom is 0.181 e. The van der Waals surface area contributed by atoms with Crippen LogP contribution in [0, 0.1) is 0 Å². The van der Waals surface area contributed by atoms with E-state index in [9.17, 15) is 4.79 Å². The average Bonchev–Trinajstić information content (AvgIpc) is 2.30. The molecule has 0 amide bonds. The Balaban J connectivity index is 1.84. The molecular weight excluding hydrogens is 192 g/mol. The summed E-state index contributed by atoms with van der Waals surface area (Å²) in [7, 11) is 0. The lowest BCUT2D eigenvalue weighted by Crippen LogP contribution is -2.23. The standard InChI is InChI=1S/C12H12O3/c13-11-6-7-12(15-9-11)14-8-10-4-2-1-3-5-10/h1-7,12H,8-9H2. The van der Waals surface area contributed by atoms with Gasteiger partial charge in [-0.3, -0.25) is 4.79 Å². The zero-order chi connectivity index (χ0) is 10.5. The molecule has 1 unspecified atom stereocenters. The molecule has 0 aliphatic carbocycles. The zero-order valence-corrected chi connectivity index (χ0v) is 8.26. The number of hydrogen-bond acceptors (Lipinski definition) is 3. The highest BCUT2D eigenvalue weighted by Crippen LogP contribution is 2.08. The first-order valence-electron chi connectivity index (χ1n) is 4.83. The highest BCUT2D eigenvalue weighted by atomic mass is 16.7. The Kier molecular flexibility index (Phi) is 3.27. The van der Waals surface area contributed by atoms with Crippen LogP contribution in [0.15, 0.2) is 42.5 Å². The number of carbonyl (C=O) groups is 1. The molecule has 0 aromatic heterocycles. The van der Waals surface area contributed by atoms with Gasteiger partial charge in [0.2, 0.25) is 0 Å². The smallest absolute Gasteiger partial charge is 0.181 e. The van der Waals surface area contributed by atoms with E-state index < -0.39 is 6.29 Å². The van der Waals surface area contributed by atoms with Gasteiger partial charge in [0.25, 0.3) is 0 Å². The molecule has 1 atom stereocenters. The Bertz CT molecular complexity index is 356. The molecule has 0 saturated heterocycles. The third-order valence-electron chi connectivity index (χ3n) is 2.09. The predicted molar refractivity (Wildman–Crippen MR) is 55.1 cm³/mol. The predicted octanol–water partition coefficient (Wildman–Crippen LogP) is 1.68. The third kappa shape index (κ3) is 3.01. The minimum atomic E-state index is -0.400. The Morgan fingerprint density at radius 3 is 2.80 bits per heavy atom. The van der Waals surface area contributed by atoms with Crippen LogP contribution >= 0.6 is 0 Å². The molecule has 1 aliphatic heterocycles. The molecule has 0 fully saturated rings. The lowest BCUT2D eigenvalue weighted by molar-refractivity contribution is -0.145. The number of rotatable bonds is 3. The van der Waals surface area contributed by atoms with E-state index in [4.69, 9.17) is 9.47 Å². The second-order valence-corrected chi connectivity index (χ2v) is 3.30. The van der Waals surface area contributed by atoms with E-state index in [1.165, 1.54) is 6.08 Å². The van der Waals surface area contributed by atoms with Crippen LogP contribution < -0.4 is 0 Å². The van der Waals surface area contributed by atoms with Gasteiger partial charge >= 0.3 is 0 Å². The van der Waals surface area contributed by atoms with E-state index in [2.05, 4.69) is 0 Å². The molecule has 15 heavy (non-hydrogen) atoms. The highest BCUT2D eigenvalue weighted by Gasteiger charge is 2.12. The molecule has 1 aromatic carbocycles. The van der Waals surface area contributed by atoms with E-state index >= 15 is 0 Å². The maximum absolute atomic E-state index is 10.8. The van der Waals surface area contributed by atoms with Gasteiger partial charge in [-0.2, -0.15) is 0 Å². The average molecular weight is 204 g/mol. The van der Waals surface area contributed by atoms with Gasteiger partial charge in [-0.15, -0.1) is 0 Å². The van der Waals surface area contributed by atoms with Crippen LogP contribution in [0.4, 0.5) is 0 Å². The monoisotopic (exact) mass is 204 g/mol. The van der Waals surface area contributed by atoms with E-state index in [-0.39, 0.29) is 12.4 Å². The summed E-state index contributed by atoms with van der Waals surface area (Å²) in [6, 6.07) is 9.84. The van der Waals surface area contributed by atoms with Crippen molar-refractivity contribution in [3.63, 3.8) is 0 Å². The van der Waals surface area contributed by atoms with E-state index in [1.54, 1.807) is 6.08 Å². The van der Waals surface area contributed by atoms with Crippen molar-refractivity contribution < 1.29 is 14.3 Å². The van der Waals surface area contributed by atoms with Crippen LogP contribution in [0.25, 0.3) is 0 Å². The molecule has 1 heterocycles. The van der Waals surface area contributed by atoms with Crippen molar-refractivity contribution in [2.24, 2.45) is 0 Å². The first-order valence-corrected chi connectivity index (χ1v) is 4.83. The number of benzene rings is 1. The van der Waals surface area contributed by atoms with Crippen molar-refractivity contribution in [1.29, 1.82) is 0 Å². The topological polar surface area (TPSA) is 35.5 Å². The summed E-state index contributed by atoms with van der Waals surface area (Å²) >= 11 is 0. The molecule has 1 aliphatic rings. The van der Waals surface area contributed by atoms with Gasteiger partial charge in [0.15, 0.2) is 12.1 Å². The summed E-state index contributed by atoms with van der Waals surface area (Å²) in [5.74, 6) is -0.0189. The molecule has 3 nitrogen and oxygen atoms in total. The van der Waals surface area contributed by atoms with Crippen LogP contribution in [0.5, 0.6) is 0 Å².